The molecule has 0 radical (unpaired) electrons. The summed E-state index contributed by atoms with van der Waals surface area (Å²) >= 11 is 0. The maximum atomic E-state index is 8.88. The van der Waals surface area contributed by atoms with Crippen LogP contribution in [0.25, 0.3) is 0 Å². The van der Waals surface area contributed by atoms with Crippen LogP contribution in [0.15, 0.2) is 24.8 Å². The van der Waals surface area contributed by atoms with E-state index in [0.29, 0.717) is 24.7 Å². The lowest BCUT2D eigenvalue weighted by Crippen LogP contribution is -2.12. The zero-order valence-electron chi connectivity index (χ0n) is 11.1. The van der Waals surface area contributed by atoms with Gasteiger partial charge in [-0.25, -0.2) is 19.9 Å². The van der Waals surface area contributed by atoms with Crippen LogP contribution in [-0.4, -0.2) is 33.0 Å². The predicted molar refractivity (Wildman–Crippen MR) is 75.1 cm³/mol. The van der Waals surface area contributed by atoms with Crippen LogP contribution in [0.4, 0.5) is 11.6 Å². The van der Waals surface area contributed by atoms with Crippen LogP contribution < -0.4 is 10.6 Å². The molecule has 2 aromatic rings. The van der Waals surface area contributed by atoms with Crippen molar-refractivity contribution in [3.8, 4) is 12.1 Å². The molecule has 0 saturated carbocycles. The summed E-state index contributed by atoms with van der Waals surface area (Å²) in [5.74, 6) is 0.939. The third-order valence-corrected chi connectivity index (χ3v) is 2.55. The first-order valence-electron chi connectivity index (χ1n) is 6.25. The van der Waals surface area contributed by atoms with E-state index in [2.05, 4.69) is 30.6 Å². The number of nitrogens with one attached hydrogen (secondary N) is 2. The van der Waals surface area contributed by atoms with Gasteiger partial charge >= 0.3 is 0 Å². The molecule has 0 unspecified atom stereocenters. The second-order valence-electron chi connectivity index (χ2n) is 3.94. The van der Waals surface area contributed by atoms with E-state index in [0.717, 1.165) is 6.42 Å². The van der Waals surface area contributed by atoms with E-state index in [4.69, 9.17) is 10.5 Å². The van der Waals surface area contributed by atoms with Gasteiger partial charge < -0.3 is 10.6 Å². The number of nitriles is 2. The highest BCUT2D eigenvalue weighted by molar-refractivity contribution is 5.47. The van der Waals surface area contributed by atoms with E-state index in [1.54, 1.807) is 0 Å². The summed E-state index contributed by atoms with van der Waals surface area (Å²) in [6.45, 7) is 1.23. The zero-order chi connectivity index (χ0) is 14.9. The van der Waals surface area contributed by atoms with E-state index < -0.39 is 0 Å². The molecule has 0 fully saturated rings. The summed E-state index contributed by atoms with van der Waals surface area (Å²) in [5.41, 5.74) is 0.539. The van der Waals surface area contributed by atoms with E-state index in [-0.39, 0.29) is 11.4 Å². The van der Waals surface area contributed by atoms with Crippen molar-refractivity contribution in [1.29, 1.82) is 10.5 Å². The molecule has 0 amide bonds. The summed E-state index contributed by atoms with van der Waals surface area (Å²) in [6, 6.07) is 3.94. The Labute approximate surface area is 121 Å². The van der Waals surface area contributed by atoms with Crippen molar-refractivity contribution in [2.75, 3.05) is 23.7 Å². The van der Waals surface area contributed by atoms with Gasteiger partial charge in [0.2, 0.25) is 0 Å². The standard InChI is InChI=1S/C13H12N8/c14-8-10-12(20-6-4-16-10)18-2-1-3-19-13-11(9-15)17-5-7-21-13/h4-7H,1-3H2,(H,18,20)(H,19,21). The summed E-state index contributed by atoms with van der Waals surface area (Å²) in [6.07, 6.45) is 6.76. The molecule has 2 aromatic heterocycles. The van der Waals surface area contributed by atoms with Crippen LogP contribution >= 0.6 is 0 Å². The molecule has 8 nitrogen and oxygen atoms in total. The Kier molecular flexibility index (Phi) is 4.96. The van der Waals surface area contributed by atoms with Crippen LogP contribution in [0.2, 0.25) is 0 Å². The lowest BCUT2D eigenvalue weighted by molar-refractivity contribution is 0.892. The third kappa shape index (κ3) is 3.85. The molecule has 0 spiro atoms. The van der Waals surface area contributed by atoms with Crippen LogP contribution in [0.3, 0.4) is 0 Å². The Morgan fingerprint density at radius 2 is 1.19 bits per heavy atom. The molecule has 0 aliphatic heterocycles. The van der Waals surface area contributed by atoms with Gasteiger partial charge in [-0.3, -0.25) is 0 Å². The summed E-state index contributed by atoms with van der Waals surface area (Å²) in [7, 11) is 0. The Morgan fingerprint density at radius 1 is 0.762 bits per heavy atom. The van der Waals surface area contributed by atoms with Crippen LogP contribution in [0, 0.1) is 22.7 Å². The fourth-order valence-corrected chi connectivity index (χ4v) is 1.60. The van der Waals surface area contributed by atoms with Gasteiger partial charge in [-0.15, -0.1) is 0 Å². The molecule has 0 saturated heterocycles. The molecule has 104 valence electrons. The van der Waals surface area contributed by atoms with Gasteiger partial charge in [-0.05, 0) is 6.42 Å². The van der Waals surface area contributed by atoms with Crippen LogP contribution in [0.5, 0.6) is 0 Å². The normalized spacial score (nSPS) is 9.43. The Balaban J connectivity index is 1.78. The van der Waals surface area contributed by atoms with Gasteiger partial charge in [0.05, 0.1) is 0 Å². The van der Waals surface area contributed by atoms with Gasteiger partial charge in [0.1, 0.15) is 12.1 Å². The monoisotopic (exact) mass is 280 g/mol. The molecule has 2 rings (SSSR count). The van der Waals surface area contributed by atoms with Crippen molar-refractivity contribution in [2.45, 2.75) is 6.42 Å². The highest BCUT2D eigenvalue weighted by atomic mass is 15.0. The maximum absolute atomic E-state index is 8.88. The van der Waals surface area contributed by atoms with Gasteiger partial charge in [0.25, 0.3) is 0 Å². The van der Waals surface area contributed by atoms with Crippen molar-refractivity contribution >= 4 is 11.6 Å². The van der Waals surface area contributed by atoms with Gasteiger partial charge in [-0.1, -0.05) is 0 Å². The second-order valence-corrected chi connectivity index (χ2v) is 3.94. The molecular formula is C13H12N8. The Hall–Kier alpha value is -3.26. The highest BCUT2D eigenvalue weighted by Gasteiger charge is 2.04. The smallest absolute Gasteiger partial charge is 0.182 e. The summed E-state index contributed by atoms with van der Waals surface area (Å²) < 4.78 is 0. The number of hydrogen-bond acceptors (Lipinski definition) is 8. The lowest BCUT2D eigenvalue weighted by atomic mass is 10.3. The molecular weight excluding hydrogens is 268 g/mol. The molecule has 2 heterocycles. The Morgan fingerprint density at radius 3 is 1.62 bits per heavy atom. The predicted octanol–water partition coefficient (Wildman–Crippen LogP) is 0.924. The molecule has 0 aliphatic carbocycles. The lowest BCUT2D eigenvalue weighted by Gasteiger charge is -2.08. The minimum Gasteiger partial charge on any atom is -0.368 e. The Bertz CT molecular complexity index is 626. The maximum Gasteiger partial charge on any atom is 0.182 e. The van der Waals surface area contributed by atoms with E-state index in [1.165, 1.54) is 24.8 Å². The molecule has 0 atom stereocenters. The molecule has 21 heavy (non-hydrogen) atoms. The molecule has 0 aliphatic rings. The van der Waals surface area contributed by atoms with Gasteiger partial charge in [0, 0.05) is 37.9 Å². The first-order valence-corrected chi connectivity index (χ1v) is 6.25. The first kappa shape index (κ1) is 14.2. The second kappa shape index (κ2) is 7.36. The largest absolute Gasteiger partial charge is 0.368 e. The van der Waals surface area contributed by atoms with Crippen molar-refractivity contribution in [3.63, 3.8) is 0 Å². The topological polar surface area (TPSA) is 123 Å². The molecule has 0 bridgehead atoms. The van der Waals surface area contributed by atoms with Crippen LogP contribution in [-0.2, 0) is 0 Å². The van der Waals surface area contributed by atoms with Crippen molar-refractivity contribution in [2.24, 2.45) is 0 Å². The van der Waals surface area contributed by atoms with E-state index in [1.807, 2.05) is 12.1 Å². The number of nitrogens with zero attached hydrogens (tertiary/aromatic N) is 6. The minimum absolute atomic E-state index is 0.270. The summed E-state index contributed by atoms with van der Waals surface area (Å²) in [5, 5.41) is 23.8. The zero-order valence-corrected chi connectivity index (χ0v) is 11.1. The minimum atomic E-state index is 0.270. The highest BCUT2D eigenvalue weighted by Crippen LogP contribution is 2.07. The molecule has 8 heteroatoms. The fourth-order valence-electron chi connectivity index (χ4n) is 1.60. The van der Waals surface area contributed by atoms with Crippen molar-refractivity contribution in [1.82, 2.24) is 19.9 Å². The number of rotatable bonds is 6. The third-order valence-electron chi connectivity index (χ3n) is 2.55. The molecule has 2 N–H and O–H groups in total. The van der Waals surface area contributed by atoms with Crippen molar-refractivity contribution < 1.29 is 0 Å². The molecule has 0 aromatic carbocycles. The number of hydrogen-bond donors (Lipinski definition) is 2. The first-order chi connectivity index (χ1) is 10.3. The average molecular weight is 280 g/mol. The van der Waals surface area contributed by atoms with Gasteiger partial charge in [0.15, 0.2) is 23.0 Å². The van der Waals surface area contributed by atoms with Gasteiger partial charge in [-0.2, -0.15) is 10.5 Å². The van der Waals surface area contributed by atoms with Crippen molar-refractivity contribution in [3.05, 3.63) is 36.2 Å². The summed E-state index contributed by atoms with van der Waals surface area (Å²) in [4.78, 5) is 15.9. The average Bonchev–Trinajstić information content (AvgIpc) is 2.55. The fraction of sp³-hybridized carbons (Fsp3) is 0.231. The quantitative estimate of drug-likeness (QED) is 0.749. The number of anilines is 2. The number of aromatic nitrogens is 4. The SMILES string of the molecule is N#Cc1nccnc1NCCCNc1nccnc1C#N. The van der Waals surface area contributed by atoms with Crippen LogP contribution in [0.1, 0.15) is 17.8 Å². The van der Waals surface area contributed by atoms with E-state index in [9.17, 15) is 0 Å². The van der Waals surface area contributed by atoms with E-state index >= 15 is 0 Å².